The third-order valence-corrected chi connectivity index (χ3v) is 4.08. The van der Waals surface area contributed by atoms with Gasteiger partial charge in [-0.3, -0.25) is 4.79 Å². The summed E-state index contributed by atoms with van der Waals surface area (Å²) in [4.78, 5) is 19.3. The van der Waals surface area contributed by atoms with Gasteiger partial charge in [-0.15, -0.1) is 11.8 Å². The Morgan fingerprint density at radius 1 is 1.47 bits per heavy atom. The van der Waals surface area contributed by atoms with Crippen LogP contribution in [0.15, 0.2) is 34.0 Å². The van der Waals surface area contributed by atoms with Crippen molar-refractivity contribution in [3.05, 3.63) is 46.0 Å². The van der Waals surface area contributed by atoms with Crippen LogP contribution >= 0.6 is 11.8 Å². The first-order valence-corrected chi connectivity index (χ1v) is 6.82. The van der Waals surface area contributed by atoms with Gasteiger partial charge in [-0.2, -0.15) is 4.98 Å². The van der Waals surface area contributed by atoms with Gasteiger partial charge in [0.05, 0.1) is 5.56 Å². The molecule has 19 heavy (non-hydrogen) atoms. The number of rotatable bonds is 1. The number of fused-ring (bicyclic) bond motifs is 1. The summed E-state index contributed by atoms with van der Waals surface area (Å²) in [5.41, 5.74) is -0.123. The molecule has 0 fully saturated rings. The fourth-order valence-corrected chi connectivity index (χ4v) is 2.83. The zero-order valence-electron chi connectivity index (χ0n) is 10.2. The van der Waals surface area contributed by atoms with Gasteiger partial charge in [0, 0.05) is 10.6 Å². The van der Waals surface area contributed by atoms with E-state index in [1.165, 1.54) is 6.92 Å². The average Bonchev–Trinajstić information content (AvgIpc) is 2.43. The first-order valence-electron chi connectivity index (χ1n) is 5.83. The maximum atomic E-state index is 11.6. The lowest BCUT2D eigenvalue weighted by molar-refractivity contribution is 0.208. The fourth-order valence-electron chi connectivity index (χ4n) is 1.84. The molecule has 0 spiro atoms. The topological polar surface area (TPSA) is 75.2 Å². The minimum absolute atomic E-state index is 0.215. The lowest BCUT2D eigenvalue weighted by Crippen LogP contribution is -2.22. The Morgan fingerprint density at radius 3 is 3.05 bits per heavy atom. The first kappa shape index (κ1) is 12.1. The van der Waals surface area contributed by atoms with Gasteiger partial charge in [-0.05, 0) is 19.1 Å². The lowest BCUT2D eigenvalue weighted by atomic mass is 10.3. The summed E-state index contributed by atoms with van der Waals surface area (Å²) in [5.74, 6) is 1.52. The van der Waals surface area contributed by atoms with Crippen molar-refractivity contribution < 1.29 is 9.84 Å². The Hall–Kier alpha value is -1.95. The summed E-state index contributed by atoms with van der Waals surface area (Å²) in [6, 6.07) is 7.71. The highest BCUT2D eigenvalue weighted by Crippen LogP contribution is 2.39. The van der Waals surface area contributed by atoms with Crippen LogP contribution in [0.4, 0.5) is 0 Å². The quantitative estimate of drug-likeness (QED) is 0.833. The van der Waals surface area contributed by atoms with E-state index in [0.717, 1.165) is 10.6 Å². The standard InChI is InChI=1S/C13H12N2O3S/c1-7-12(16)14-11(15-13(7)17)9-6-19-10-5-3-2-4-8(10)18-9/h2-5,9H,6H2,1H3,(H2,14,15,16,17). The molecule has 98 valence electrons. The van der Waals surface area contributed by atoms with Crippen molar-refractivity contribution in [3.63, 3.8) is 0 Å². The first-order chi connectivity index (χ1) is 9.15. The largest absolute Gasteiger partial charge is 0.493 e. The zero-order valence-corrected chi connectivity index (χ0v) is 11.0. The van der Waals surface area contributed by atoms with E-state index in [9.17, 15) is 9.90 Å². The van der Waals surface area contributed by atoms with Crippen molar-refractivity contribution in [2.45, 2.75) is 17.9 Å². The molecule has 1 atom stereocenters. The SMILES string of the molecule is Cc1c(O)nc(C2CSc3ccccc3O2)[nH]c1=O. The minimum Gasteiger partial charge on any atom is -0.493 e. The van der Waals surface area contributed by atoms with Gasteiger partial charge in [0.1, 0.15) is 5.75 Å². The normalized spacial score (nSPS) is 17.6. The van der Waals surface area contributed by atoms with Gasteiger partial charge in [-0.25, -0.2) is 0 Å². The molecule has 0 radical (unpaired) electrons. The zero-order chi connectivity index (χ0) is 13.4. The molecule has 0 saturated carbocycles. The van der Waals surface area contributed by atoms with E-state index in [2.05, 4.69) is 9.97 Å². The van der Waals surface area contributed by atoms with Crippen molar-refractivity contribution in [2.24, 2.45) is 0 Å². The highest BCUT2D eigenvalue weighted by atomic mass is 32.2. The van der Waals surface area contributed by atoms with Crippen molar-refractivity contribution in [1.29, 1.82) is 0 Å². The smallest absolute Gasteiger partial charge is 0.257 e. The molecule has 1 aliphatic rings. The number of aromatic hydroxyl groups is 1. The van der Waals surface area contributed by atoms with E-state index >= 15 is 0 Å². The molecule has 0 bridgehead atoms. The van der Waals surface area contributed by atoms with Gasteiger partial charge >= 0.3 is 0 Å². The Kier molecular flexibility index (Phi) is 2.94. The molecule has 0 amide bonds. The highest BCUT2D eigenvalue weighted by molar-refractivity contribution is 7.99. The number of benzene rings is 1. The summed E-state index contributed by atoms with van der Waals surface area (Å²) in [5, 5.41) is 9.61. The van der Waals surface area contributed by atoms with Gasteiger partial charge in [0.15, 0.2) is 11.9 Å². The van der Waals surface area contributed by atoms with Crippen LogP contribution in [0.25, 0.3) is 0 Å². The predicted molar refractivity (Wildman–Crippen MR) is 71.8 cm³/mol. The van der Waals surface area contributed by atoms with Gasteiger partial charge in [-0.1, -0.05) is 12.1 Å². The average molecular weight is 276 g/mol. The lowest BCUT2D eigenvalue weighted by Gasteiger charge is -2.24. The van der Waals surface area contributed by atoms with Crippen molar-refractivity contribution in [2.75, 3.05) is 5.75 Å². The number of para-hydroxylation sites is 1. The molecule has 5 nitrogen and oxygen atoms in total. The number of aromatic nitrogens is 2. The van der Waals surface area contributed by atoms with Crippen LogP contribution in [-0.4, -0.2) is 20.8 Å². The van der Waals surface area contributed by atoms with Crippen LogP contribution < -0.4 is 10.3 Å². The second-order valence-corrected chi connectivity index (χ2v) is 5.33. The van der Waals surface area contributed by atoms with E-state index in [4.69, 9.17) is 4.74 Å². The van der Waals surface area contributed by atoms with Crippen LogP contribution in [0.1, 0.15) is 17.5 Å². The maximum absolute atomic E-state index is 11.6. The second-order valence-electron chi connectivity index (χ2n) is 4.26. The Bertz CT molecular complexity index is 684. The van der Waals surface area contributed by atoms with E-state index in [-0.39, 0.29) is 23.1 Å². The number of aromatic amines is 1. The van der Waals surface area contributed by atoms with Crippen LogP contribution in [0.2, 0.25) is 0 Å². The number of nitrogens with zero attached hydrogens (tertiary/aromatic N) is 1. The number of thioether (sulfide) groups is 1. The van der Waals surface area contributed by atoms with Crippen LogP contribution in [0.3, 0.4) is 0 Å². The summed E-state index contributed by atoms with van der Waals surface area (Å²) in [6.45, 7) is 1.52. The fraction of sp³-hybridized carbons (Fsp3) is 0.231. The molecule has 1 aromatic carbocycles. The molecular weight excluding hydrogens is 264 g/mol. The molecule has 2 N–H and O–H groups in total. The molecule has 6 heteroatoms. The molecule has 1 unspecified atom stereocenters. The summed E-state index contributed by atoms with van der Waals surface area (Å²) in [6.07, 6.45) is -0.362. The molecule has 0 aliphatic carbocycles. The molecule has 1 aromatic heterocycles. The number of nitrogens with one attached hydrogen (secondary N) is 1. The second kappa shape index (κ2) is 4.62. The van der Waals surface area contributed by atoms with Crippen molar-refractivity contribution >= 4 is 11.8 Å². The summed E-state index contributed by atoms with van der Waals surface area (Å²) >= 11 is 1.64. The number of ether oxygens (including phenoxy) is 1. The Labute approximate surface area is 113 Å². The van der Waals surface area contributed by atoms with Crippen molar-refractivity contribution in [3.8, 4) is 11.6 Å². The number of hydrogen-bond donors (Lipinski definition) is 2. The molecular formula is C13H12N2O3S. The van der Waals surface area contributed by atoms with Gasteiger partial charge in [0.2, 0.25) is 5.88 Å². The van der Waals surface area contributed by atoms with E-state index in [0.29, 0.717) is 11.6 Å². The van der Waals surface area contributed by atoms with Crippen LogP contribution in [0.5, 0.6) is 11.6 Å². The number of hydrogen-bond acceptors (Lipinski definition) is 5. The molecule has 2 aromatic rings. The van der Waals surface area contributed by atoms with Crippen LogP contribution in [0, 0.1) is 6.92 Å². The maximum Gasteiger partial charge on any atom is 0.257 e. The summed E-state index contributed by atoms with van der Waals surface area (Å²) in [7, 11) is 0. The molecule has 0 saturated heterocycles. The third-order valence-electron chi connectivity index (χ3n) is 2.96. The van der Waals surface area contributed by atoms with E-state index in [1.807, 2.05) is 24.3 Å². The van der Waals surface area contributed by atoms with E-state index < -0.39 is 0 Å². The van der Waals surface area contributed by atoms with E-state index in [1.54, 1.807) is 11.8 Å². The van der Waals surface area contributed by atoms with Crippen LogP contribution in [-0.2, 0) is 0 Å². The van der Waals surface area contributed by atoms with Gasteiger partial charge < -0.3 is 14.8 Å². The molecule has 2 heterocycles. The van der Waals surface area contributed by atoms with Crippen molar-refractivity contribution in [1.82, 2.24) is 9.97 Å². The molecule has 1 aliphatic heterocycles. The monoisotopic (exact) mass is 276 g/mol. The predicted octanol–water partition coefficient (Wildman–Crippen LogP) is 2.01. The third kappa shape index (κ3) is 2.19. The Balaban J connectivity index is 1.95. The minimum atomic E-state index is -0.362. The highest BCUT2D eigenvalue weighted by Gasteiger charge is 2.24. The number of H-pyrrole nitrogens is 1. The summed E-state index contributed by atoms with van der Waals surface area (Å²) < 4.78 is 5.80. The Morgan fingerprint density at radius 2 is 2.26 bits per heavy atom. The van der Waals surface area contributed by atoms with Gasteiger partial charge in [0.25, 0.3) is 5.56 Å². The molecule has 3 rings (SSSR count).